The van der Waals surface area contributed by atoms with Crippen LogP contribution in [0.4, 0.5) is 0 Å². The van der Waals surface area contributed by atoms with Gasteiger partial charge in [0.15, 0.2) is 0 Å². The maximum absolute atomic E-state index is 2.66. The molecule has 0 bridgehead atoms. The quantitative estimate of drug-likeness (QED) is 0.539. The molecule has 3 aromatic carbocycles. The Hall–Kier alpha value is -1.48. The first-order chi connectivity index (χ1) is 12.3. The molecule has 0 amide bonds. The highest BCUT2D eigenvalue weighted by Gasteiger charge is 2.43. The average Bonchev–Trinajstić information content (AvgIpc) is 2.72. The molecule has 2 heteroatoms. The summed E-state index contributed by atoms with van der Waals surface area (Å²) in [4.78, 5) is 0. The smallest absolute Gasteiger partial charge is 0.111 e. The summed E-state index contributed by atoms with van der Waals surface area (Å²) in [6.45, 7) is 4.48. The molecule has 0 N–H and O–H groups in total. The minimum Gasteiger partial charge on any atom is -0.138 e. The first-order valence-electron chi connectivity index (χ1n) is 9.04. The van der Waals surface area contributed by atoms with Crippen LogP contribution in [0.3, 0.4) is 0 Å². The first-order valence-corrected chi connectivity index (χ1v) is 11.8. The third-order valence-corrected chi connectivity index (χ3v) is 9.42. The van der Waals surface area contributed by atoms with E-state index in [-0.39, 0.29) is 0 Å². The Morgan fingerprint density at radius 3 is 1.08 bits per heavy atom. The highest BCUT2D eigenvalue weighted by molar-refractivity contribution is 7.95. The van der Waals surface area contributed by atoms with Gasteiger partial charge in [-0.3, -0.25) is 0 Å². The van der Waals surface area contributed by atoms with Crippen molar-refractivity contribution in [1.82, 2.24) is 0 Å². The van der Waals surface area contributed by atoms with Gasteiger partial charge in [-0.25, -0.2) is 0 Å². The van der Waals surface area contributed by atoms with E-state index >= 15 is 0 Å². The van der Waals surface area contributed by atoms with Gasteiger partial charge in [0.2, 0.25) is 0 Å². The zero-order valence-corrected chi connectivity index (χ0v) is 17.4. The molecule has 0 heterocycles. The lowest BCUT2D eigenvalue weighted by Crippen LogP contribution is -2.32. The summed E-state index contributed by atoms with van der Waals surface area (Å²) in [5.41, 5.74) is 0. The molecule has 0 aliphatic rings. The molecule has 0 saturated heterocycles. The maximum atomic E-state index is 2.66. The van der Waals surface area contributed by atoms with Gasteiger partial charge in [-0.05, 0) is 49.5 Å². The van der Waals surface area contributed by atoms with Crippen molar-refractivity contribution in [2.45, 2.75) is 20.3 Å². The summed E-state index contributed by atoms with van der Waals surface area (Å²) in [6.07, 6.45) is 3.66. The molecule has 0 aromatic heterocycles. The second-order valence-electron chi connectivity index (χ2n) is 5.92. The van der Waals surface area contributed by atoms with Crippen LogP contribution >= 0.6 is 16.5 Å². The van der Waals surface area contributed by atoms with Crippen molar-refractivity contribution in [3.63, 3.8) is 0 Å². The van der Waals surface area contributed by atoms with Crippen LogP contribution in [0, 0.1) is 0 Å². The standard InChI is InChI=1S/C20H20P.C3H9P/c1-2-21(18-12-6-3-7-13-18,19-14-8-4-9-15-19)20-16-10-5-11-17-20;1-2-3-4/h3-17H,2H2,1H3;2-4H2,1H3/q+1;. The number of benzene rings is 3. The van der Waals surface area contributed by atoms with Crippen molar-refractivity contribution in [3.05, 3.63) is 91.0 Å². The molecule has 3 rings (SSSR count). The van der Waals surface area contributed by atoms with E-state index in [0.717, 1.165) is 6.16 Å². The summed E-state index contributed by atoms with van der Waals surface area (Å²) < 4.78 is 0. The Morgan fingerprint density at radius 2 is 0.880 bits per heavy atom. The number of rotatable bonds is 5. The fourth-order valence-electron chi connectivity index (χ4n) is 3.04. The molecular formula is C23H29P2+. The summed E-state index contributed by atoms with van der Waals surface area (Å²) >= 11 is 0. The molecule has 0 nitrogen and oxygen atoms in total. The molecule has 3 aromatic rings. The van der Waals surface area contributed by atoms with Gasteiger partial charge in [0, 0.05) is 0 Å². The van der Waals surface area contributed by atoms with Gasteiger partial charge >= 0.3 is 0 Å². The monoisotopic (exact) mass is 367 g/mol. The largest absolute Gasteiger partial charge is 0.138 e. The number of hydrogen-bond donors (Lipinski definition) is 0. The molecule has 0 spiro atoms. The summed E-state index contributed by atoms with van der Waals surface area (Å²) in [5, 5.41) is 4.39. The fourth-order valence-corrected chi connectivity index (χ4v) is 7.08. The second-order valence-corrected chi connectivity index (χ2v) is 10.3. The predicted octanol–water partition coefficient (Wildman–Crippen LogP) is 5.27. The van der Waals surface area contributed by atoms with Crippen LogP contribution in [0.25, 0.3) is 0 Å². The van der Waals surface area contributed by atoms with Gasteiger partial charge in [-0.15, -0.1) is 9.24 Å². The van der Waals surface area contributed by atoms with E-state index in [4.69, 9.17) is 0 Å². The summed E-state index contributed by atoms with van der Waals surface area (Å²) in [5.74, 6) is 0. The molecule has 0 saturated carbocycles. The van der Waals surface area contributed by atoms with Crippen LogP contribution in [-0.4, -0.2) is 12.3 Å². The lowest BCUT2D eigenvalue weighted by atomic mass is 10.4. The Labute approximate surface area is 156 Å². The average molecular weight is 367 g/mol. The van der Waals surface area contributed by atoms with Crippen molar-refractivity contribution in [2.75, 3.05) is 12.3 Å². The van der Waals surface area contributed by atoms with Crippen molar-refractivity contribution >= 4 is 32.4 Å². The lowest BCUT2D eigenvalue weighted by molar-refractivity contribution is 1.11. The SMILES string of the molecule is CCCP.CC[P+](c1ccccc1)(c1ccccc1)c1ccccc1. The minimum absolute atomic E-state index is 1.14. The second kappa shape index (κ2) is 10.5. The molecular weight excluding hydrogens is 338 g/mol. The van der Waals surface area contributed by atoms with Gasteiger partial charge in [-0.2, -0.15) is 0 Å². The fraction of sp³-hybridized carbons (Fsp3) is 0.217. The van der Waals surface area contributed by atoms with Gasteiger partial charge in [0.25, 0.3) is 0 Å². The maximum Gasteiger partial charge on any atom is 0.111 e. The highest BCUT2D eigenvalue weighted by atomic mass is 31.2. The van der Waals surface area contributed by atoms with E-state index in [2.05, 4.69) is 114 Å². The molecule has 0 aliphatic heterocycles. The van der Waals surface area contributed by atoms with Gasteiger partial charge < -0.3 is 0 Å². The van der Waals surface area contributed by atoms with Crippen LogP contribution in [0.1, 0.15) is 20.3 Å². The van der Waals surface area contributed by atoms with E-state index in [0.29, 0.717) is 0 Å². The van der Waals surface area contributed by atoms with E-state index in [1.165, 1.54) is 28.5 Å². The van der Waals surface area contributed by atoms with Gasteiger partial charge in [0.05, 0.1) is 6.16 Å². The normalized spacial score (nSPS) is 10.7. The Kier molecular flexibility index (Phi) is 8.33. The third kappa shape index (κ3) is 4.78. The lowest BCUT2D eigenvalue weighted by Gasteiger charge is -2.26. The van der Waals surface area contributed by atoms with Gasteiger partial charge in [0.1, 0.15) is 23.2 Å². The summed E-state index contributed by atoms with van der Waals surface area (Å²) in [6, 6.07) is 33.0. The zero-order valence-electron chi connectivity index (χ0n) is 15.3. The highest BCUT2D eigenvalue weighted by Crippen LogP contribution is 2.54. The molecule has 25 heavy (non-hydrogen) atoms. The van der Waals surface area contributed by atoms with Gasteiger partial charge in [-0.1, -0.05) is 67.9 Å². The van der Waals surface area contributed by atoms with Crippen molar-refractivity contribution in [2.24, 2.45) is 0 Å². The van der Waals surface area contributed by atoms with Crippen LogP contribution in [-0.2, 0) is 0 Å². The zero-order chi connectivity index (χ0) is 18.0. The molecule has 130 valence electrons. The Morgan fingerprint density at radius 1 is 0.600 bits per heavy atom. The first kappa shape index (κ1) is 19.8. The molecule has 0 radical (unpaired) electrons. The van der Waals surface area contributed by atoms with E-state index in [9.17, 15) is 0 Å². The molecule has 1 atom stereocenters. The number of hydrogen-bond acceptors (Lipinski definition) is 0. The topological polar surface area (TPSA) is 0 Å². The van der Waals surface area contributed by atoms with E-state index < -0.39 is 7.26 Å². The van der Waals surface area contributed by atoms with Crippen LogP contribution in [0.15, 0.2) is 91.0 Å². The van der Waals surface area contributed by atoms with Crippen LogP contribution in [0.2, 0.25) is 0 Å². The molecule has 0 fully saturated rings. The van der Waals surface area contributed by atoms with Crippen LogP contribution in [0.5, 0.6) is 0 Å². The third-order valence-electron chi connectivity index (χ3n) is 4.35. The van der Waals surface area contributed by atoms with Crippen molar-refractivity contribution in [3.8, 4) is 0 Å². The van der Waals surface area contributed by atoms with E-state index in [1.807, 2.05) is 0 Å². The van der Waals surface area contributed by atoms with Crippen LogP contribution < -0.4 is 15.9 Å². The van der Waals surface area contributed by atoms with E-state index in [1.54, 1.807) is 0 Å². The minimum atomic E-state index is -1.53. The molecule has 0 aliphatic carbocycles. The Bertz CT molecular complexity index is 610. The summed E-state index contributed by atoms with van der Waals surface area (Å²) in [7, 11) is 1.12. The van der Waals surface area contributed by atoms with Crippen molar-refractivity contribution < 1.29 is 0 Å². The Balaban J connectivity index is 0.000000511. The predicted molar refractivity (Wildman–Crippen MR) is 121 cm³/mol. The van der Waals surface area contributed by atoms with Crippen molar-refractivity contribution in [1.29, 1.82) is 0 Å². The molecule has 1 unspecified atom stereocenters.